The molecule has 0 aromatic carbocycles. The molecule has 6 nitrogen and oxygen atoms in total. The van der Waals surface area contributed by atoms with Gasteiger partial charge in [0.25, 0.3) is 0 Å². The van der Waals surface area contributed by atoms with Crippen LogP contribution in [0.3, 0.4) is 0 Å². The van der Waals surface area contributed by atoms with Crippen molar-refractivity contribution in [3.05, 3.63) is 12.4 Å². The van der Waals surface area contributed by atoms with Gasteiger partial charge < -0.3 is 14.8 Å². The van der Waals surface area contributed by atoms with Gasteiger partial charge in [-0.05, 0) is 18.8 Å². The maximum Gasteiger partial charge on any atom is 0.317 e. The molecule has 172 valence electrons. The smallest absolute Gasteiger partial charge is 0.317 e. The standard InChI is InChI=1S/C23H40N2O4S/c1-3-5-7-9-10-12-14-19(13-11-8-6-4-2)18-25-16-15-24-23(25)30-20(22(28)29)17-21(26)27/h15-16,19-20H,3-14,17-18H2,1-2H3,(H,26,27)(H,28,29). The number of unbranched alkanes of at least 4 members (excludes halogenated alkanes) is 8. The first-order chi connectivity index (χ1) is 14.5. The van der Waals surface area contributed by atoms with E-state index in [-0.39, 0.29) is 0 Å². The third kappa shape index (κ3) is 11.6. The van der Waals surface area contributed by atoms with Crippen molar-refractivity contribution in [3.63, 3.8) is 0 Å². The van der Waals surface area contributed by atoms with E-state index in [1.165, 1.54) is 77.0 Å². The van der Waals surface area contributed by atoms with Crippen LogP contribution in [0.15, 0.2) is 17.6 Å². The minimum Gasteiger partial charge on any atom is -0.481 e. The normalized spacial score (nSPS) is 13.3. The Labute approximate surface area is 185 Å². The lowest BCUT2D eigenvalue weighted by Crippen LogP contribution is -2.21. The van der Waals surface area contributed by atoms with E-state index in [1.807, 2.05) is 10.8 Å². The van der Waals surface area contributed by atoms with Crippen LogP contribution in [0.2, 0.25) is 0 Å². The summed E-state index contributed by atoms with van der Waals surface area (Å²) in [5.74, 6) is -1.67. The lowest BCUT2D eigenvalue weighted by atomic mass is 9.94. The predicted octanol–water partition coefficient (Wildman–Crippen LogP) is 6.24. The number of rotatable bonds is 19. The van der Waals surface area contributed by atoms with Gasteiger partial charge >= 0.3 is 11.9 Å². The number of carboxylic acids is 2. The average Bonchev–Trinajstić information content (AvgIpc) is 3.13. The highest BCUT2D eigenvalue weighted by Gasteiger charge is 2.25. The molecule has 0 spiro atoms. The fraction of sp³-hybridized carbons (Fsp3) is 0.783. The van der Waals surface area contributed by atoms with E-state index < -0.39 is 23.6 Å². The number of hydrogen-bond acceptors (Lipinski definition) is 4. The van der Waals surface area contributed by atoms with E-state index >= 15 is 0 Å². The summed E-state index contributed by atoms with van der Waals surface area (Å²) in [4.78, 5) is 26.7. The molecule has 1 rings (SSSR count). The number of thioether (sulfide) groups is 1. The molecule has 0 fully saturated rings. The van der Waals surface area contributed by atoms with Gasteiger partial charge in [-0.25, -0.2) is 4.98 Å². The molecule has 1 aromatic heterocycles. The number of carbonyl (C=O) groups is 2. The van der Waals surface area contributed by atoms with Gasteiger partial charge in [0.15, 0.2) is 5.16 Å². The fourth-order valence-corrected chi connectivity index (χ4v) is 4.67. The molecule has 1 heterocycles. The largest absolute Gasteiger partial charge is 0.481 e. The lowest BCUT2D eigenvalue weighted by molar-refractivity contribution is -0.142. The zero-order chi connectivity index (χ0) is 22.2. The summed E-state index contributed by atoms with van der Waals surface area (Å²) in [6.45, 7) is 5.28. The number of imidazole rings is 1. The van der Waals surface area contributed by atoms with Gasteiger partial charge in [0.1, 0.15) is 5.25 Å². The Morgan fingerprint density at radius 3 is 2.10 bits per heavy atom. The minimum atomic E-state index is -1.11. The number of carboxylic acid groups (broad SMARTS) is 2. The number of aromatic nitrogens is 2. The minimum absolute atomic E-state index is 0.412. The molecule has 2 N–H and O–H groups in total. The Hall–Kier alpha value is -1.50. The molecular weight excluding hydrogens is 400 g/mol. The van der Waals surface area contributed by atoms with E-state index in [9.17, 15) is 14.7 Å². The van der Waals surface area contributed by atoms with Gasteiger partial charge in [-0.1, -0.05) is 89.8 Å². The summed E-state index contributed by atoms with van der Waals surface area (Å²) in [6, 6.07) is 0. The van der Waals surface area contributed by atoms with Crippen molar-refractivity contribution in [2.75, 3.05) is 0 Å². The molecule has 0 amide bonds. The van der Waals surface area contributed by atoms with E-state index in [2.05, 4.69) is 18.8 Å². The quantitative estimate of drug-likeness (QED) is 0.195. The third-order valence-corrected chi connectivity index (χ3v) is 6.65. The van der Waals surface area contributed by atoms with Gasteiger partial charge in [-0.3, -0.25) is 9.59 Å². The van der Waals surface area contributed by atoms with Gasteiger partial charge in [0.2, 0.25) is 0 Å². The second-order valence-corrected chi connectivity index (χ2v) is 9.35. The summed E-state index contributed by atoms with van der Waals surface area (Å²) < 4.78 is 2.02. The van der Waals surface area contributed by atoms with Crippen molar-refractivity contribution in [2.45, 2.75) is 114 Å². The van der Waals surface area contributed by atoms with Crippen LogP contribution in [0.1, 0.15) is 97.3 Å². The zero-order valence-electron chi connectivity index (χ0n) is 18.7. The number of aliphatic carboxylic acids is 2. The Bertz CT molecular complexity index is 606. The second-order valence-electron chi connectivity index (χ2n) is 8.18. The van der Waals surface area contributed by atoms with E-state index in [4.69, 9.17) is 5.11 Å². The lowest BCUT2D eigenvalue weighted by Gasteiger charge is -2.19. The summed E-state index contributed by atoms with van der Waals surface area (Å²) in [7, 11) is 0. The number of nitrogens with zero attached hydrogens (tertiary/aromatic N) is 2. The Morgan fingerprint density at radius 1 is 0.967 bits per heavy atom. The highest BCUT2D eigenvalue weighted by molar-refractivity contribution is 8.00. The first-order valence-electron chi connectivity index (χ1n) is 11.6. The zero-order valence-corrected chi connectivity index (χ0v) is 19.5. The third-order valence-electron chi connectivity index (χ3n) is 5.45. The first kappa shape index (κ1) is 26.5. The van der Waals surface area contributed by atoms with Gasteiger partial charge in [-0.2, -0.15) is 0 Å². The van der Waals surface area contributed by atoms with Crippen molar-refractivity contribution < 1.29 is 19.8 Å². The Morgan fingerprint density at radius 2 is 1.53 bits per heavy atom. The summed E-state index contributed by atoms with van der Waals surface area (Å²) in [5.41, 5.74) is 0. The van der Waals surface area contributed by atoms with Gasteiger partial charge in [-0.15, -0.1) is 0 Å². The molecular formula is C23H40N2O4S. The molecule has 0 radical (unpaired) electrons. The topological polar surface area (TPSA) is 92.4 Å². The van der Waals surface area contributed by atoms with Crippen molar-refractivity contribution in [2.24, 2.45) is 5.92 Å². The highest BCUT2D eigenvalue weighted by Crippen LogP contribution is 2.27. The number of hydrogen-bond donors (Lipinski definition) is 2. The first-order valence-corrected chi connectivity index (χ1v) is 12.5. The Balaban J connectivity index is 2.66. The van der Waals surface area contributed by atoms with Gasteiger partial charge in [0, 0.05) is 18.9 Å². The molecule has 30 heavy (non-hydrogen) atoms. The highest BCUT2D eigenvalue weighted by atomic mass is 32.2. The average molecular weight is 441 g/mol. The molecule has 0 aliphatic heterocycles. The van der Waals surface area contributed by atoms with E-state index in [1.54, 1.807) is 6.20 Å². The summed E-state index contributed by atoms with van der Waals surface area (Å²) >= 11 is 1.04. The van der Waals surface area contributed by atoms with Crippen molar-refractivity contribution in [1.29, 1.82) is 0 Å². The van der Waals surface area contributed by atoms with Crippen LogP contribution in [-0.2, 0) is 16.1 Å². The van der Waals surface area contributed by atoms with Crippen LogP contribution in [0, 0.1) is 5.92 Å². The molecule has 0 aliphatic rings. The van der Waals surface area contributed by atoms with Crippen LogP contribution < -0.4 is 0 Å². The van der Waals surface area contributed by atoms with Crippen molar-refractivity contribution in [3.8, 4) is 0 Å². The molecule has 0 aliphatic carbocycles. The summed E-state index contributed by atoms with van der Waals surface area (Å²) in [5, 5.41) is 17.9. The molecule has 0 saturated heterocycles. The molecule has 0 bridgehead atoms. The summed E-state index contributed by atoms with van der Waals surface area (Å²) in [6.07, 6.45) is 18.2. The van der Waals surface area contributed by atoms with Crippen molar-refractivity contribution >= 4 is 23.7 Å². The SMILES string of the molecule is CCCCCCCCC(CCCCCC)Cn1ccnc1SC(CC(=O)O)C(=O)O. The van der Waals surface area contributed by atoms with Crippen LogP contribution in [0.5, 0.6) is 0 Å². The van der Waals surface area contributed by atoms with Gasteiger partial charge in [0.05, 0.1) is 6.42 Å². The molecule has 2 unspecified atom stereocenters. The van der Waals surface area contributed by atoms with Crippen LogP contribution in [0.25, 0.3) is 0 Å². The fourth-order valence-electron chi connectivity index (χ4n) is 3.70. The molecule has 0 saturated carbocycles. The second kappa shape index (κ2) is 16.2. The predicted molar refractivity (Wildman–Crippen MR) is 122 cm³/mol. The molecule has 2 atom stereocenters. The van der Waals surface area contributed by atoms with E-state index in [0.717, 1.165) is 18.3 Å². The molecule has 7 heteroatoms. The molecule has 1 aromatic rings. The maximum absolute atomic E-state index is 11.4. The van der Waals surface area contributed by atoms with Crippen LogP contribution in [-0.4, -0.2) is 37.0 Å². The maximum atomic E-state index is 11.4. The van der Waals surface area contributed by atoms with Crippen molar-refractivity contribution in [1.82, 2.24) is 9.55 Å². The monoisotopic (exact) mass is 440 g/mol. The Kier molecular flexibility index (Phi) is 14.4. The van der Waals surface area contributed by atoms with Crippen LogP contribution >= 0.6 is 11.8 Å². The van der Waals surface area contributed by atoms with Crippen LogP contribution in [0.4, 0.5) is 0 Å². The van der Waals surface area contributed by atoms with E-state index in [0.29, 0.717) is 11.1 Å².